The third kappa shape index (κ3) is 2.62. The molecule has 1 fully saturated rings. The van der Waals surface area contributed by atoms with Gasteiger partial charge in [-0.25, -0.2) is 0 Å². The van der Waals surface area contributed by atoms with Crippen molar-refractivity contribution < 1.29 is 15.0 Å². The molecule has 2 aromatic carbocycles. The van der Waals surface area contributed by atoms with E-state index in [0.717, 1.165) is 29.5 Å². The van der Waals surface area contributed by atoms with E-state index in [1.54, 1.807) is 12.1 Å². The maximum absolute atomic E-state index is 12.6. The van der Waals surface area contributed by atoms with Crippen molar-refractivity contribution in [1.29, 1.82) is 0 Å². The fourth-order valence-corrected chi connectivity index (χ4v) is 4.46. The van der Waals surface area contributed by atoms with Crippen LogP contribution in [0.2, 0.25) is 0 Å². The minimum Gasteiger partial charge on any atom is -0.634 e. The number of fused-ring (bicyclic) bond motifs is 3. The molecule has 4 nitrogen and oxygen atoms in total. The molecule has 2 aromatic rings. The lowest BCUT2D eigenvalue weighted by Gasteiger charge is -2.46. The number of hydroxylamine groups is 2. The zero-order valence-electron chi connectivity index (χ0n) is 13.4. The van der Waals surface area contributed by atoms with Gasteiger partial charge < -0.3 is 15.4 Å². The van der Waals surface area contributed by atoms with Crippen molar-refractivity contribution >= 4 is 5.78 Å². The zero-order valence-corrected chi connectivity index (χ0v) is 13.4. The van der Waals surface area contributed by atoms with Gasteiger partial charge in [0.2, 0.25) is 0 Å². The number of hydrogen-bond acceptors (Lipinski definition) is 3. The molecule has 0 saturated carbocycles. The Morgan fingerprint density at radius 2 is 1.96 bits per heavy atom. The predicted octanol–water partition coefficient (Wildman–Crippen LogP) is 1.61. The van der Waals surface area contributed by atoms with Crippen molar-refractivity contribution in [3.8, 4) is 5.75 Å². The number of ketones is 1. The Balaban J connectivity index is 1.68. The van der Waals surface area contributed by atoms with Gasteiger partial charge in [-0.2, -0.15) is 0 Å². The summed E-state index contributed by atoms with van der Waals surface area (Å²) in [5.41, 5.74) is 3.22. The molecule has 4 rings (SSSR count). The van der Waals surface area contributed by atoms with E-state index in [0.29, 0.717) is 6.42 Å². The first-order chi connectivity index (χ1) is 11.6. The SMILES string of the molecule is O=C1C[NH+]([O-])C(Cc2ccccc2)C2CCc3cc(O)ccc3C12. The Morgan fingerprint density at radius 1 is 1.17 bits per heavy atom. The first-order valence-electron chi connectivity index (χ1n) is 8.54. The molecule has 1 heterocycles. The minimum atomic E-state index is -0.194. The van der Waals surface area contributed by atoms with Crippen molar-refractivity contribution in [3.63, 3.8) is 0 Å². The molecule has 0 bridgehead atoms. The van der Waals surface area contributed by atoms with E-state index in [9.17, 15) is 15.1 Å². The number of piperidine rings is 1. The summed E-state index contributed by atoms with van der Waals surface area (Å²) < 4.78 is 0. The molecule has 0 amide bonds. The predicted molar refractivity (Wildman–Crippen MR) is 90.8 cm³/mol. The smallest absolute Gasteiger partial charge is 0.195 e. The molecule has 0 radical (unpaired) electrons. The number of nitrogens with one attached hydrogen (secondary N) is 1. The minimum absolute atomic E-state index is 0.0407. The average molecular weight is 323 g/mol. The number of phenolic OH excluding ortho intramolecular Hbond substituents is 1. The lowest BCUT2D eigenvalue weighted by atomic mass is 9.67. The van der Waals surface area contributed by atoms with E-state index in [1.807, 2.05) is 36.4 Å². The van der Waals surface area contributed by atoms with Gasteiger partial charge in [-0.3, -0.25) is 4.79 Å². The number of aryl methyl sites for hydroxylation is 1. The maximum atomic E-state index is 12.6. The third-order valence-corrected chi connectivity index (χ3v) is 5.56. The molecular weight excluding hydrogens is 302 g/mol. The Labute approximate surface area is 141 Å². The van der Waals surface area contributed by atoms with Crippen molar-refractivity contribution in [3.05, 3.63) is 70.4 Å². The highest BCUT2D eigenvalue weighted by Gasteiger charge is 2.46. The van der Waals surface area contributed by atoms with E-state index in [1.165, 1.54) is 0 Å². The number of Topliss-reactive ketones (excluding diaryl/α,β-unsaturated/α-hetero) is 1. The fraction of sp³-hybridized carbons (Fsp3) is 0.350. The van der Waals surface area contributed by atoms with Crippen molar-refractivity contribution in [1.82, 2.24) is 0 Å². The highest BCUT2D eigenvalue weighted by atomic mass is 16.5. The summed E-state index contributed by atoms with van der Waals surface area (Å²) in [6, 6.07) is 15.3. The van der Waals surface area contributed by atoms with Gasteiger partial charge in [-0.05, 0) is 41.7 Å². The molecule has 2 N–H and O–H groups in total. The van der Waals surface area contributed by atoms with Crippen molar-refractivity contribution in [2.45, 2.75) is 31.2 Å². The Hall–Kier alpha value is -2.17. The van der Waals surface area contributed by atoms with Crippen LogP contribution >= 0.6 is 0 Å². The van der Waals surface area contributed by atoms with Crippen LogP contribution in [0.4, 0.5) is 0 Å². The molecule has 1 aliphatic heterocycles. The zero-order chi connectivity index (χ0) is 16.7. The summed E-state index contributed by atoms with van der Waals surface area (Å²) in [7, 11) is 0. The molecule has 4 heteroatoms. The van der Waals surface area contributed by atoms with Gasteiger partial charge in [0.15, 0.2) is 5.78 Å². The topological polar surface area (TPSA) is 64.8 Å². The Bertz CT molecular complexity index is 759. The molecular formula is C20H21NO3. The van der Waals surface area contributed by atoms with Gasteiger partial charge in [-0.15, -0.1) is 0 Å². The van der Waals surface area contributed by atoms with E-state index >= 15 is 0 Å². The average Bonchev–Trinajstić information content (AvgIpc) is 2.58. The standard InChI is InChI=1S/C20H21NO3/c22-15-7-9-16-14(11-15)6-8-17-18(10-13-4-2-1-3-5-13)21(24)12-19(23)20(16)17/h1-5,7,9,11,17-18,20-22H,6,8,10,12H2. The molecule has 124 valence electrons. The highest BCUT2D eigenvalue weighted by Crippen LogP contribution is 2.41. The van der Waals surface area contributed by atoms with Crippen LogP contribution in [0.3, 0.4) is 0 Å². The second-order valence-electron chi connectivity index (χ2n) is 6.97. The number of hydrogen-bond donors (Lipinski definition) is 2. The number of rotatable bonds is 2. The first-order valence-corrected chi connectivity index (χ1v) is 8.54. The first kappa shape index (κ1) is 15.4. The van der Waals surface area contributed by atoms with Crippen molar-refractivity contribution in [2.75, 3.05) is 6.54 Å². The molecule has 2 aliphatic rings. The van der Waals surface area contributed by atoms with Crippen LogP contribution in [0.15, 0.2) is 48.5 Å². The lowest BCUT2D eigenvalue weighted by molar-refractivity contribution is -0.875. The molecule has 1 aliphatic carbocycles. The third-order valence-electron chi connectivity index (χ3n) is 5.56. The molecule has 4 atom stereocenters. The fourth-order valence-electron chi connectivity index (χ4n) is 4.46. The molecule has 1 saturated heterocycles. The van der Waals surface area contributed by atoms with Crippen LogP contribution in [0.25, 0.3) is 0 Å². The summed E-state index contributed by atoms with van der Waals surface area (Å²) in [6.45, 7) is 0.0407. The number of carbonyl (C=O) groups is 1. The van der Waals surface area contributed by atoms with Crippen LogP contribution < -0.4 is 5.06 Å². The van der Waals surface area contributed by atoms with Crippen LogP contribution in [0, 0.1) is 11.1 Å². The van der Waals surface area contributed by atoms with Crippen LogP contribution in [0.1, 0.15) is 29.0 Å². The van der Waals surface area contributed by atoms with Gasteiger partial charge in [0.1, 0.15) is 12.3 Å². The van der Waals surface area contributed by atoms with Crippen LogP contribution in [-0.2, 0) is 17.6 Å². The highest BCUT2D eigenvalue weighted by molar-refractivity contribution is 5.88. The second kappa shape index (κ2) is 6.04. The summed E-state index contributed by atoms with van der Waals surface area (Å²) in [6.07, 6.45) is 2.36. The molecule has 0 aromatic heterocycles. The monoisotopic (exact) mass is 323 g/mol. The van der Waals surface area contributed by atoms with Gasteiger partial charge >= 0.3 is 0 Å². The summed E-state index contributed by atoms with van der Waals surface area (Å²) in [4.78, 5) is 12.6. The van der Waals surface area contributed by atoms with E-state index in [-0.39, 0.29) is 41.0 Å². The normalized spacial score (nSPS) is 29.0. The number of quaternary nitrogens is 1. The Morgan fingerprint density at radius 3 is 2.75 bits per heavy atom. The largest absolute Gasteiger partial charge is 0.634 e. The summed E-state index contributed by atoms with van der Waals surface area (Å²) >= 11 is 0. The maximum Gasteiger partial charge on any atom is 0.195 e. The quantitative estimate of drug-likeness (QED) is 0.826. The van der Waals surface area contributed by atoms with Gasteiger partial charge in [0.25, 0.3) is 0 Å². The van der Waals surface area contributed by atoms with E-state index < -0.39 is 0 Å². The summed E-state index contributed by atoms with van der Waals surface area (Å²) in [5, 5.41) is 22.4. The van der Waals surface area contributed by atoms with Gasteiger partial charge in [0, 0.05) is 12.3 Å². The molecule has 24 heavy (non-hydrogen) atoms. The van der Waals surface area contributed by atoms with E-state index in [4.69, 9.17) is 0 Å². The van der Waals surface area contributed by atoms with Crippen LogP contribution in [0.5, 0.6) is 5.75 Å². The number of aromatic hydroxyl groups is 1. The summed E-state index contributed by atoms with van der Waals surface area (Å²) in [5.74, 6) is 0.171. The van der Waals surface area contributed by atoms with E-state index in [2.05, 4.69) is 0 Å². The van der Waals surface area contributed by atoms with Gasteiger partial charge in [-0.1, -0.05) is 36.4 Å². The van der Waals surface area contributed by atoms with Gasteiger partial charge in [0.05, 0.1) is 12.0 Å². The van der Waals surface area contributed by atoms with Crippen LogP contribution in [-0.4, -0.2) is 23.5 Å². The van der Waals surface area contributed by atoms with Crippen molar-refractivity contribution in [2.24, 2.45) is 5.92 Å². The molecule has 0 spiro atoms. The number of phenols is 1. The second-order valence-corrected chi connectivity index (χ2v) is 6.97. The Kier molecular flexibility index (Phi) is 3.87. The number of benzene rings is 2. The lowest BCUT2D eigenvalue weighted by Crippen LogP contribution is -3.15. The molecule has 4 unspecified atom stereocenters. The number of carbonyl (C=O) groups excluding carboxylic acids is 1.